The van der Waals surface area contributed by atoms with Gasteiger partial charge in [0.25, 0.3) is 5.91 Å². The molecule has 0 saturated heterocycles. The second-order valence-corrected chi connectivity index (χ2v) is 5.22. The third-order valence-electron chi connectivity index (χ3n) is 3.84. The van der Waals surface area contributed by atoms with E-state index in [9.17, 15) is 4.79 Å². The zero-order chi connectivity index (χ0) is 14.4. The number of carbonyl (C=O) groups is 1. The van der Waals surface area contributed by atoms with Crippen LogP contribution in [0.15, 0.2) is 24.3 Å². The predicted octanol–water partition coefficient (Wildman–Crippen LogP) is 2.73. The van der Waals surface area contributed by atoms with Gasteiger partial charge in [-0.15, -0.1) is 0 Å². The zero-order valence-electron chi connectivity index (χ0n) is 11.8. The van der Waals surface area contributed by atoms with E-state index >= 15 is 0 Å². The van der Waals surface area contributed by atoms with Crippen molar-refractivity contribution >= 4 is 5.91 Å². The largest absolute Gasteiger partial charge is 0.484 e. The number of hydrogen-bond acceptors (Lipinski definition) is 3. The van der Waals surface area contributed by atoms with Crippen molar-refractivity contribution in [2.45, 2.75) is 38.1 Å². The maximum absolute atomic E-state index is 12.1. The first-order valence-electron chi connectivity index (χ1n) is 7.09. The van der Waals surface area contributed by atoms with Gasteiger partial charge in [0.15, 0.2) is 6.61 Å². The maximum atomic E-state index is 12.1. The number of likely N-dealkylation sites (N-methyl/N-ethyl adjacent to an activating group) is 1. The highest BCUT2D eigenvalue weighted by Crippen LogP contribution is 2.21. The molecular weight excluding hydrogens is 252 g/mol. The fourth-order valence-electron chi connectivity index (χ4n) is 2.57. The molecule has 1 amide bonds. The fourth-order valence-corrected chi connectivity index (χ4v) is 2.57. The summed E-state index contributed by atoms with van der Waals surface area (Å²) in [6, 6.07) is 9.28. The molecule has 0 bridgehead atoms. The van der Waals surface area contributed by atoms with E-state index in [0.29, 0.717) is 17.4 Å². The number of amides is 1. The normalized spacial score (nSPS) is 15.4. The second kappa shape index (κ2) is 6.95. The van der Waals surface area contributed by atoms with Gasteiger partial charge in [-0.3, -0.25) is 4.79 Å². The molecule has 0 radical (unpaired) electrons. The van der Waals surface area contributed by atoms with Crippen LogP contribution in [-0.2, 0) is 4.79 Å². The summed E-state index contributed by atoms with van der Waals surface area (Å²) in [6.45, 7) is 0.0296. The Kier molecular flexibility index (Phi) is 5.00. The van der Waals surface area contributed by atoms with Crippen molar-refractivity contribution in [1.82, 2.24) is 4.90 Å². The van der Waals surface area contributed by atoms with E-state index in [0.717, 1.165) is 12.8 Å². The van der Waals surface area contributed by atoms with Crippen LogP contribution < -0.4 is 4.74 Å². The van der Waals surface area contributed by atoms with Gasteiger partial charge in [0.1, 0.15) is 5.75 Å². The molecule has 106 valence electrons. The third-order valence-corrected chi connectivity index (χ3v) is 3.84. The van der Waals surface area contributed by atoms with Crippen molar-refractivity contribution in [3.8, 4) is 11.8 Å². The van der Waals surface area contributed by atoms with Gasteiger partial charge in [-0.2, -0.15) is 5.26 Å². The third kappa shape index (κ3) is 3.74. The van der Waals surface area contributed by atoms with Crippen LogP contribution in [0.25, 0.3) is 0 Å². The molecule has 0 aliphatic heterocycles. The number of nitrogens with zero attached hydrogens (tertiary/aromatic N) is 2. The SMILES string of the molecule is CN(C(=O)COc1cccc(C#N)c1)C1CCCCC1. The molecule has 0 unspecified atom stereocenters. The Balaban J connectivity index is 1.86. The lowest BCUT2D eigenvalue weighted by atomic mass is 9.94. The smallest absolute Gasteiger partial charge is 0.260 e. The lowest BCUT2D eigenvalue weighted by Crippen LogP contribution is -2.40. The lowest BCUT2D eigenvalue weighted by molar-refractivity contribution is -0.134. The van der Waals surface area contributed by atoms with Crippen molar-refractivity contribution in [1.29, 1.82) is 5.26 Å². The molecule has 0 heterocycles. The summed E-state index contributed by atoms with van der Waals surface area (Å²) in [5, 5.41) is 8.82. The quantitative estimate of drug-likeness (QED) is 0.846. The van der Waals surface area contributed by atoms with Crippen LogP contribution in [0, 0.1) is 11.3 Å². The van der Waals surface area contributed by atoms with Crippen LogP contribution in [0.2, 0.25) is 0 Å². The van der Waals surface area contributed by atoms with E-state index in [-0.39, 0.29) is 12.5 Å². The Morgan fingerprint density at radius 2 is 2.15 bits per heavy atom. The van der Waals surface area contributed by atoms with Gasteiger partial charge >= 0.3 is 0 Å². The topological polar surface area (TPSA) is 53.3 Å². The lowest BCUT2D eigenvalue weighted by Gasteiger charge is -2.31. The van der Waals surface area contributed by atoms with Crippen LogP contribution >= 0.6 is 0 Å². The van der Waals surface area contributed by atoms with Gasteiger partial charge in [-0.1, -0.05) is 25.3 Å². The summed E-state index contributed by atoms with van der Waals surface area (Å²) in [4.78, 5) is 13.9. The highest BCUT2D eigenvalue weighted by Gasteiger charge is 2.22. The molecule has 1 aliphatic rings. The summed E-state index contributed by atoms with van der Waals surface area (Å²) in [6.07, 6.45) is 5.86. The number of nitriles is 1. The highest BCUT2D eigenvalue weighted by molar-refractivity contribution is 5.77. The summed E-state index contributed by atoms with van der Waals surface area (Å²) >= 11 is 0. The molecule has 2 rings (SSSR count). The standard InChI is InChI=1S/C16H20N2O2/c1-18(14-7-3-2-4-8-14)16(19)12-20-15-9-5-6-13(10-15)11-17/h5-6,9-10,14H,2-4,7-8,12H2,1H3. The monoisotopic (exact) mass is 272 g/mol. The molecule has 1 aromatic carbocycles. The van der Waals surface area contributed by atoms with E-state index in [1.165, 1.54) is 19.3 Å². The Morgan fingerprint density at radius 3 is 2.85 bits per heavy atom. The van der Waals surface area contributed by atoms with Gasteiger partial charge < -0.3 is 9.64 Å². The van der Waals surface area contributed by atoms with Crippen molar-refractivity contribution in [3.05, 3.63) is 29.8 Å². The minimum Gasteiger partial charge on any atom is -0.484 e. The zero-order valence-corrected chi connectivity index (χ0v) is 11.8. The molecule has 1 saturated carbocycles. The van der Waals surface area contributed by atoms with Gasteiger partial charge in [0, 0.05) is 13.1 Å². The molecule has 4 heteroatoms. The van der Waals surface area contributed by atoms with Gasteiger partial charge in [0.05, 0.1) is 11.6 Å². The van der Waals surface area contributed by atoms with Crippen molar-refractivity contribution < 1.29 is 9.53 Å². The van der Waals surface area contributed by atoms with E-state index in [4.69, 9.17) is 10.00 Å². The summed E-state index contributed by atoms with van der Waals surface area (Å²) in [5.74, 6) is 0.564. The van der Waals surface area contributed by atoms with Gasteiger partial charge in [0.2, 0.25) is 0 Å². The average Bonchev–Trinajstić information content (AvgIpc) is 2.53. The molecule has 20 heavy (non-hydrogen) atoms. The number of benzene rings is 1. The molecule has 0 atom stereocenters. The summed E-state index contributed by atoms with van der Waals surface area (Å²) in [5.41, 5.74) is 0.538. The minimum absolute atomic E-state index is 0.000685. The minimum atomic E-state index is -0.000685. The molecule has 4 nitrogen and oxygen atoms in total. The molecule has 0 aromatic heterocycles. The van der Waals surface area contributed by atoms with E-state index in [1.54, 1.807) is 24.3 Å². The van der Waals surface area contributed by atoms with Crippen molar-refractivity contribution in [2.75, 3.05) is 13.7 Å². The van der Waals surface area contributed by atoms with E-state index in [2.05, 4.69) is 6.07 Å². The molecule has 1 fully saturated rings. The number of rotatable bonds is 4. The van der Waals surface area contributed by atoms with Crippen molar-refractivity contribution in [3.63, 3.8) is 0 Å². The van der Waals surface area contributed by atoms with E-state index < -0.39 is 0 Å². The average molecular weight is 272 g/mol. The first-order chi connectivity index (χ1) is 9.70. The van der Waals surface area contributed by atoms with Crippen LogP contribution in [0.3, 0.4) is 0 Å². The van der Waals surface area contributed by atoms with Crippen LogP contribution in [-0.4, -0.2) is 30.5 Å². The Hall–Kier alpha value is -2.02. The molecule has 1 aromatic rings. The Bertz CT molecular complexity index is 501. The van der Waals surface area contributed by atoms with Crippen molar-refractivity contribution in [2.24, 2.45) is 0 Å². The van der Waals surface area contributed by atoms with Crippen LogP contribution in [0.1, 0.15) is 37.7 Å². The molecular formula is C16H20N2O2. The molecule has 0 spiro atoms. The first-order valence-corrected chi connectivity index (χ1v) is 7.09. The fraction of sp³-hybridized carbons (Fsp3) is 0.500. The first kappa shape index (κ1) is 14.4. The maximum Gasteiger partial charge on any atom is 0.260 e. The number of ether oxygens (including phenoxy) is 1. The molecule has 0 N–H and O–H groups in total. The second-order valence-electron chi connectivity index (χ2n) is 5.22. The summed E-state index contributed by atoms with van der Waals surface area (Å²) in [7, 11) is 1.85. The Morgan fingerprint density at radius 1 is 1.40 bits per heavy atom. The van der Waals surface area contributed by atoms with E-state index in [1.807, 2.05) is 11.9 Å². The summed E-state index contributed by atoms with van der Waals surface area (Å²) < 4.78 is 5.48. The predicted molar refractivity (Wildman–Crippen MR) is 76.3 cm³/mol. The van der Waals surface area contributed by atoms with Gasteiger partial charge in [-0.25, -0.2) is 0 Å². The van der Waals surface area contributed by atoms with Gasteiger partial charge in [-0.05, 0) is 31.0 Å². The van der Waals surface area contributed by atoms with Crippen LogP contribution in [0.4, 0.5) is 0 Å². The highest BCUT2D eigenvalue weighted by atomic mass is 16.5. The number of carbonyl (C=O) groups excluding carboxylic acids is 1. The molecule has 1 aliphatic carbocycles. The van der Waals surface area contributed by atoms with Crippen LogP contribution in [0.5, 0.6) is 5.75 Å². The Labute approximate surface area is 120 Å². The number of hydrogen-bond donors (Lipinski definition) is 0.